The Kier molecular flexibility index (Phi) is 7.25. The van der Waals surface area contributed by atoms with Crippen LogP contribution in [0, 0.1) is 0 Å². The second-order valence-corrected chi connectivity index (χ2v) is 4.39. The number of halogens is 3. The van der Waals surface area contributed by atoms with E-state index >= 15 is 0 Å². The standard InChI is InChI=1S/C16H21F3O/c1-6-13(10-14(7-2)12(5)20)11(4)9-15(8-3)16(17,18)19/h7-10H,6H2,1-5H3. The molecular weight excluding hydrogens is 265 g/mol. The van der Waals surface area contributed by atoms with Crippen LogP contribution >= 0.6 is 0 Å². The Morgan fingerprint density at radius 3 is 1.90 bits per heavy atom. The molecule has 0 atom stereocenters. The molecule has 0 unspecified atom stereocenters. The molecule has 0 spiro atoms. The molecule has 0 rings (SSSR count). The average molecular weight is 286 g/mol. The van der Waals surface area contributed by atoms with Crippen molar-refractivity contribution in [2.45, 2.75) is 47.2 Å². The summed E-state index contributed by atoms with van der Waals surface area (Å²) < 4.78 is 38.1. The first-order valence-electron chi connectivity index (χ1n) is 6.47. The summed E-state index contributed by atoms with van der Waals surface area (Å²) in [4.78, 5) is 11.4. The smallest absolute Gasteiger partial charge is 0.295 e. The van der Waals surface area contributed by atoms with Crippen molar-refractivity contribution in [2.75, 3.05) is 0 Å². The minimum absolute atomic E-state index is 0.103. The Morgan fingerprint density at radius 2 is 1.60 bits per heavy atom. The lowest BCUT2D eigenvalue weighted by Crippen LogP contribution is -2.10. The molecular formula is C16H21F3O. The molecule has 0 saturated heterocycles. The summed E-state index contributed by atoms with van der Waals surface area (Å²) in [7, 11) is 0. The van der Waals surface area contributed by atoms with E-state index in [9.17, 15) is 18.0 Å². The summed E-state index contributed by atoms with van der Waals surface area (Å²) in [5.74, 6) is -0.103. The summed E-state index contributed by atoms with van der Waals surface area (Å²) in [5.41, 5.74) is 1.05. The van der Waals surface area contributed by atoms with Crippen molar-refractivity contribution in [1.82, 2.24) is 0 Å². The van der Waals surface area contributed by atoms with Gasteiger partial charge in [-0.1, -0.05) is 19.1 Å². The minimum Gasteiger partial charge on any atom is -0.295 e. The van der Waals surface area contributed by atoms with Gasteiger partial charge in [-0.25, -0.2) is 0 Å². The largest absolute Gasteiger partial charge is 0.416 e. The fourth-order valence-corrected chi connectivity index (χ4v) is 1.73. The van der Waals surface area contributed by atoms with Crippen LogP contribution in [-0.2, 0) is 4.79 Å². The molecule has 0 aromatic rings. The molecule has 1 nitrogen and oxygen atoms in total. The maximum Gasteiger partial charge on any atom is 0.416 e. The van der Waals surface area contributed by atoms with Crippen molar-refractivity contribution in [1.29, 1.82) is 0 Å². The van der Waals surface area contributed by atoms with E-state index in [1.54, 1.807) is 26.0 Å². The number of hydrogen-bond acceptors (Lipinski definition) is 1. The number of allylic oxidation sites excluding steroid dienone is 8. The first-order valence-corrected chi connectivity index (χ1v) is 6.47. The zero-order chi connectivity index (χ0) is 15.9. The average Bonchev–Trinajstić information content (AvgIpc) is 2.35. The van der Waals surface area contributed by atoms with Gasteiger partial charge in [0, 0.05) is 5.57 Å². The van der Waals surface area contributed by atoms with Crippen LogP contribution in [0.15, 0.2) is 46.6 Å². The fraction of sp³-hybridized carbons (Fsp3) is 0.438. The van der Waals surface area contributed by atoms with Gasteiger partial charge in [0.15, 0.2) is 5.78 Å². The van der Waals surface area contributed by atoms with Crippen LogP contribution in [0.2, 0.25) is 0 Å². The van der Waals surface area contributed by atoms with E-state index in [1.165, 1.54) is 13.8 Å². The molecule has 0 aromatic carbocycles. The molecule has 20 heavy (non-hydrogen) atoms. The van der Waals surface area contributed by atoms with Gasteiger partial charge in [-0.2, -0.15) is 13.2 Å². The molecule has 0 bridgehead atoms. The lowest BCUT2D eigenvalue weighted by Gasteiger charge is -2.11. The van der Waals surface area contributed by atoms with Crippen LogP contribution in [0.1, 0.15) is 41.0 Å². The Morgan fingerprint density at radius 1 is 1.05 bits per heavy atom. The van der Waals surface area contributed by atoms with Gasteiger partial charge >= 0.3 is 6.18 Å². The van der Waals surface area contributed by atoms with Crippen molar-refractivity contribution in [3.63, 3.8) is 0 Å². The van der Waals surface area contributed by atoms with Crippen LogP contribution < -0.4 is 0 Å². The Hall–Kier alpha value is -1.58. The Bertz CT molecular complexity index is 474. The lowest BCUT2D eigenvalue weighted by atomic mass is 9.98. The van der Waals surface area contributed by atoms with Crippen molar-refractivity contribution in [3.8, 4) is 0 Å². The topological polar surface area (TPSA) is 17.1 Å². The molecule has 0 N–H and O–H groups in total. The molecule has 0 aliphatic heterocycles. The van der Waals surface area contributed by atoms with E-state index in [-0.39, 0.29) is 5.78 Å². The van der Waals surface area contributed by atoms with Gasteiger partial charge in [-0.05, 0) is 57.4 Å². The SMILES string of the molecule is CC=C(C=C(CC)C(C)=CC(=CC)C(F)(F)F)C(C)=O. The minimum atomic E-state index is -4.36. The monoisotopic (exact) mass is 286 g/mol. The molecule has 0 aliphatic carbocycles. The van der Waals surface area contributed by atoms with Gasteiger partial charge in [0.05, 0.1) is 5.57 Å². The van der Waals surface area contributed by atoms with E-state index < -0.39 is 11.7 Å². The van der Waals surface area contributed by atoms with E-state index in [2.05, 4.69) is 0 Å². The molecule has 0 heterocycles. The summed E-state index contributed by atoms with van der Waals surface area (Å²) in [5, 5.41) is 0. The highest BCUT2D eigenvalue weighted by molar-refractivity contribution is 5.96. The fourth-order valence-electron chi connectivity index (χ4n) is 1.73. The number of carbonyl (C=O) groups excluding carboxylic acids is 1. The van der Waals surface area contributed by atoms with Crippen LogP contribution in [0.5, 0.6) is 0 Å². The maximum absolute atomic E-state index is 12.7. The number of rotatable bonds is 5. The molecule has 0 amide bonds. The van der Waals surface area contributed by atoms with Crippen LogP contribution in [0.4, 0.5) is 13.2 Å². The summed E-state index contributed by atoms with van der Waals surface area (Å²) in [6.07, 6.45) is 1.66. The van der Waals surface area contributed by atoms with Gasteiger partial charge in [0.2, 0.25) is 0 Å². The number of hydrogen-bond donors (Lipinski definition) is 0. The Balaban J connectivity index is 5.59. The van der Waals surface area contributed by atoms with Gasteiger partial charge < -0.3 is 0 Å². The molecule has 0 radical (unpaired) electrons. The first-order chi connectivity index (χ1) is 9.17. The van der Waals surface area contributed by atoms with Crippen LogP contribution in [-0.4, -0.2) is 12.0 Å². The van der Waals surface area contributed by atoms with Crippen molar-refractivity contribution < 1.29 is 18.0 Å². The third-order valence-electron chi connectivity index (χ3n) is 2.95. The molecule has 0 saturated carbocycles. The van der Waals surface area contributed by atoms with Crippen LogP contribution in [0.25, 0.3) is 0 Å². The number of carbonyl (C=O) groups is 1. The predicted molar refractivity (Wildman–Crippen MR) is 76.4 cm³/mol. The third kappa shape index (κ3) is 5.59. The molecule has 0 aromatic heterocycles. The zero-order valence-corrected chi connectivity index (χ0v) is 12.6. The predicted octanol–water partition coefficient (Wildman–Crippen LogP) is 5.31. The summed E-state index contributed by atoms with van der Waals surface area (Å²) >= 11 is 0. The highest BCUT2D eigenvalue weighted by atomic mass is 19.4. The van der Waals surface area contributed by atoms with E-state index in [1.807, 2.05) is 6.92 Å². The number of ketones is 1. The highest BCUT2D eigenvalue weighted by Gasteiger charge is 2.31. The van der Waals surface area contributed by atoms with Crippen LogP contribution in [0.3, 0.4) is 0 Å². The number of Topliss-reactive ketones (excluding diaryl/α,β-unsaturated/α-hetero) is 1. The van der Waals surface area contributed by atoms with Gasteiger partial charge in [0.25, 0.3) is 0 Å². The quantitative estimate of drug-likeness (QED) is 0.494. The van der Waals surface area contributed by atoms with E-state index in [0.717, 1.165) is 17.7 Å². The van der Waals surface area contributed by atoms with Crippen molar-refractivity contribution in [2.24, 2.45) is 0 Å². The third-order valence-corrected chi connectivity index (χ3v) is 2.95. The van der Waals surface area contributed by atoms with Crippen molar-refractivity contribution in [3.05, 3.63) is 46.6 Å². The van der Waals surface area contributed by atoms with E-state index in [4.69, 9.17) is 0 Å². The molecule has 0 aliphatic rings. The second-order valence-electron chi connectivity index (χ2n) is 4.39. The first kappa shape index (κ1) is 18.4. The maximum atomic E-state index is 12.7. The summed E-state index contributed by atoms with van der Waals surface area (Å²) in [6, 6.07) is 0. The Labute approximate surface area is 118 Å². The van der Waals surface area contributed by atoms with Gasteiger partial charge in [0.1, 0.15) is 0 Å². The van der Waals surface area contributed by atoms with Crippen molar-refractivity contribution >= 4 is 5.78 Å². The lowest BCUT2D eigenvalue weighted by molar-refractivity contribution is -0.113. The zero-order valence-electron chi connectivity index (χ0n) is 12.6. The molecule has 4 heteroatoms. The number of alkyl halides is 3. The van der Waals surface area contributed by atoms with Gasteiger partial charge in [-0.15, -0.1) is 0 Å². The van der Waals surface area contributed by atoms with E-state index in [0.29, 0.717) is 17.6 Å². The van der Waals surface area contributed by atoms with Gasteiger partial charge in [-0.3, -0.25) is 4.79 Å². The molecule has 112 valence electrons. The second kappa shape index (κ2) is 7.88. The normalized spacial score (nSPS) is 15.6. The molecule has 0 fully saturated rings. The highest BCUT2D eigenvalue weighted by Crippen LogP contribution is 2.29. The summed E-state index contributed by atoms with van der Waals surface area (Å²) in [6.45, 7) is 7.99.